The molecule has 5 atom stereocenters. The Bertz CT molecular complexity index is 1260. The van der Waals surface area contributed by atoms with Crippen molar-refractivity contribution >= 4 is 17.9 Å². The van der Waals surface area contributed by atoms with Gasteiger partial charge in [0.2, 0.25) is 0 Å². The first kappa shape index (κ1) is 27.6. The van der Waals surface area contributed by atoms with E-state index >= 15 is 0 Å². The van der Waals surface area contributed by atoms with Gasteiger partial charge in [0.15, 0.2) is 12.4 Å². The summed E-state index contributed by atoms with van der Waals surface area (Å²) >= 11 is 0. The molecule has 0 radical (unpaired) electrons. The first-order valence-electron chi connectivity index (χ1n) is 13.6. The van der Waals surface area contributed by atoms with Gasteiger partial charge in [-0.05, 0) is 62.1 Å². The molecule has 208 valence electrons. The van der Waals surface area contributed by atoms with Gasteiger partial charge in [-0.15, -0.1) is 0 Å². The molecule has 3 aromatic rings. The summed E-state index contributed by atoms with van der Waals surface area (Å²) < 4.78 is 29.7. The highest BCUT2D eigenvalue weighted by Crippen LogP contribution is 2.36. The van der Waals surface area contributed by atoms with Crippen molar-refractivity contribution in [2.45, 2.75) is 50.3 Å². The Morgan fingerprint density at radius 1 is 0.675 bits per heavy atom. The molecule has 0 amide bonds. The molecule has 40 heavy (non-hydrogen) atoms. The summed E-state index contributed by atoms with van der Waals surface area (Å²) in [5, 5.41) is 0. The van der Waals surface area contributed by atoms with Crippen LogP contribution in [0, 0.1) is 5.92 Å². The Morgan fingerprint density at radius 2 is 1.20 bits per heavy atom. The van der Waals surface area contributed by atoms with Crippen LogP contribution in [0.25, 0.3) is 0 Å². The molecule has 1 aliphatic heterocycles. The summed E-state index contributed by atoms with van der Waals surface area (Å²) in [6, 6.07) is 25.8. The number of ether oxygens (including phenoxy) is 5. The first-order valence-corrected chi connectivity index (χ1v) is 13.6. The van der Waals surface area contributed by atoms with E-state index in [1.165, 1.54) is 0 Å². The molecule has 2 aliphatic rings. The van der Waals surface area contributed by atoms with E-state index in [-0.39, 0.29) is 6.61 Å². The summed E-state index contributed by atoms with van der Waals surface area (Å²) in [5.41, 5.74) is 1.13. The number of rotatable bonds is 9. The van der Waals surface area contributed by atoms with Crippen molar-refractivity contribution in [3.8, 4) is 0 Å². The minimum atomic E-state index is -0.939. The van der Waals surface area contributed by atoms with Crippen LogP contribution >= 0.6 is 0 Å². The van der Waals surface area contributed by atoms with Crippen molar-refractivity contribution in [1.29, 1.82) is 0 Å². The topological polar surface area (TPSA) is 97.4 Å². The molecular formula is C32H32O8. The maximum Gasteiger partial charge on any atom is 0.338 e. The number of esters is 3. The van der Waals surface area contributed by atoms with Crippen LogP contribution in [-0.4, -0.2) is 55.7 Å². The maximum atomic E-state index is 13.2. The van der Waals surface area contributed by atoms with Crippen LogP contribution in [0.1, 0.15) is 56.8 Å². The molecule has 2 fully saturated rings. The normalized spacial score (nSPS) is 24.1. The van der Waals surface area contributed by atoms with Gasteiger partial charge in [-0.2, -0.15) is 0 Å². The molecule has 8 nitrogen and oxygen atoms in total. The number of carbonyl (C=O) groups is 3. The average molecular weight is 545 g/mol. The Labute approximate surface area is 233 Å². The fourth-order valence-corrected chi connectivity index (χ4v) is 5.03. The molecule has 5 rings (SSSR count). The predicted octanol–water partition coefficient (Wildman–Crippen LogP) is 5.23. The summed E-state index contributed by atoms with van der Waals surface area (Å²) in [6.07, 6.45) is -0.0105. The molecule has 0 aromatic heterocycles. The minimum Gasteiger partial charge on any atom is -0.462 e. The van der Waals surface area contributed by atoms with Gasteiger partial charge in [0.1, 0.15) is 12.2 Å². The largest absolute Gasteiger partial charge is 0.462 e. The third-order valence-corrected chi connectivity index (χ3v) is 7.10. The number of hydrogen-bond donors (Lipinski definition) is 0. The van der Waals surface area contributed by atoms with Crippen LogP contribution in [0.3, 0.4) is 0 Å². The summed E-state index contributed by atoms with van der Waals surface area (Å²) in [5.74, 6) is -2.11. The molecule has 1 heterocycles. The standard InChI is InChI=1S/C32H32O8/c33-30(22-12-4-1-5-13-22)37-21-25-20-26(38-27-18-10-11-19-36-27)29(40-32(35)24-16-8-3-9-17-24)28(25)39-31(34)23-14-6-2-7-15-23/h1-9,12-17,25-29H,10-11,18-21H2/t25-,26-,27?,28+,29?/m1/s1. The van der Waals surface area contributed by atoms with Gasteiger partial charge in [-0.25, -0.2) is 14.4 Å². The molecule has 8 heteroatoms. The van der Waals surface area contributed by atoms with E-state index in [9.17, 15) is 14.4 Å². The molecule has 0 N–H and O–H groups in total. The van der Waals surface area contributed by atoms with E-state index in [1.807, 2.05) is 6.07 Å². The van der Waals surface area contributed by atoms with Crippen LogP contribution < -0.4 is 0 Å². The summed E-state index contributed by atoms with van der Waals surface area (Å²) in [6.45, 7) is 0.529. The van der Waals surface area contributed by atoms with E-state index in [2.05, 4.69) is 0 Å². The zero-order valence-corrected chi connectivity index (χ0v) is 22.1. The monoisotopic (exact) mass is 544 g/mol. The van der Waals surface area contributed by atoms with Gasteiger partial charge in [0, 0.05) is 12.5 Å². The van der Waals surface area contributed by atoms with Crippen LogP contribution in [-0.2, 0) is 23.7 Å². The van der Waals surface area contributed by atoms with Crippen LogP contribution in [0.15, 0.2) is 91.0 Å². The summed E-state index contributed by atoms with van der Waals surface area (Å²) in [4.78, 5) is 39.1. The Hall–Kier alpha value is -4.01. The van der Waals surface area contributed by atoms with Crippen LogP contribution in [0.5, 0.6) is 0 Å². The fourth-order valence-electron chi connectivity index (χ4n) is 5.03. The van der Waals surface area contributed by atoms with E-state index in [1.54, 1.807) is 84.9 Å². The first-order chi connectivity index (χ1) is 19.6. The van der Waals surface area contributed by atoms with E-state index in [0.717, 1.165) is 12.8 Å². The smallest absolute Gasteiger partial charge is 0.338 e. The highest BCUT2D eigenvalue weighted by molar-refractivity contribution is 5.91. The van der Waals surface area contributed by atoms with Crippen molar-refractivity contribution in [1.82, 2.24) is 0 Å². The van der Waals surface area contributed by atoms with Crippen molar-refractivity contribution in [2.24, 2.45) is 5.92 Å². The number of hydrogen-bond acceptors (Lipinski definition) is 8. The van der Waals surface area contributed by atoms with Gasteiger partial charge >= 0.3 is 17.9 Å². The van der Waals surface area contributed by atoms with Gasteiger partial charge in [-0.3, -0.25) is 0 Å². The minimum absolute atomic E-state index is 0.0504. The van der Waals surface area contributed by atoms with Crippen LogP contribution in [0.2, 0.25) is 0 Å². The molecule has 1 saturated heterocycles. The summed E-state index contributed by atoms with van der Waals surface area (Å²) in [7, 11) is 0. The molecule has 0 bridgehead atoms. The molecule has 1 aliphatic carbocycles. The zero-order valence-electron chi connectivity index (χ0n) is 22.1. The molecule has 1 saturated carbocycles. The second-order valence-electron chi connectivity index (χ2n) is 9.90. The average Bonchev–Trinajstić information content (AvgIpc) is 3.32. The van der Waals surface area contributed by atoms with Gasteiger partial charge < -0.3 is 23.7 Å². The Balaban J connectivity index is 1.40. The molecule has 2 unspecified atom stereocenters. The third-order valence-electron chi connectivity index (χ3n) is 7.10. The second-order valence-corrected chi connectivity index (χ2v) is 9.90. The lowest BCUT2D eigenvalue weighted by Crippen LogP contribution is -2.42. The molecule has 0 spiro atoms. The maximum absolute atomic E-state index is 13.2. The van der Waals surface area contributed by atoms with Crippen molar-refractivity contribution < 1.29 is 38.1 Å². The third kappa shape index (κ3) is 6.94. The van der Waals surface area contributed by atoms with E-state index in [0.29, 0.717) is 36.1 Å². The van der Waals surface area contributed by atoms with Crippen molar-refractivity contribution in [3.05, 3.63) is 108 Å². The fraction of sp³-hybridized carbons (Fsp3) is 0.344. The second kappa shape index (κ2) is 13.4. The molecular weight excluding hydrogens is 512 g/mol. The SMILES string of the molecule is O=C(OC[C@H]1C[C@@H](OC2CCCCO2)C(OC(=O)c2ccccc2)[C@H]1OC(=O)c1ccccc1)c1ccccc1. The Morgan fingerprint density at radius 3 is 1.73 bits per heavy atom. The highest BCUT2D eigenvalue weighted by atomic mass is 16.7. The predicted molar refractivity (Wildman–Crippen MR) is 145 cm³/mol. The van der Waals surface area contributed by atoms with Crippen LogP contribution in [0.4, 0.5) is 0 Å². The highest BCUT2D eigenvalue weighted by Gasteiger charge is 2.50. The molecule has 3 aromatic carbocycles. The van der Waals surface area contributed by atoms with Crippen molar-refractivity contribution in [2.75, 3.05) is 13.2 Å². The van der Waals surface area contributed by atoms with E-state index < -0.39 is 48.4 Å². The van der Waals surface area contributed by atoms with Gasteiger partial charge in [-0.1, -0.05) is 54.6 Å². The lowest BCUT2D eigenvalue weighted by Gasteiger charge is -2.30. The Kier molecular flexibility index (Phi) is 9.21. The van der Waals surface area contributed by atoms with Gasteiger partial charge in [0.05, 0.1) is 23.3 Å². The zero-order chi connectivity index (χ0) is 27.7. The number of carbonyl (C=O) groups excluding carboxylic acids is 3. The lowest BCUT2D eigenvalue weighted by atomic mass is 10.1. The quantitative estimate of drug-likeness (QED) is 0.267. The van der Waals surface area contributed by atoms with E-state index in [4.69, 9.17) is 23.7 Å². The lowest BCUT2D eigenvalue weighted by molar-refractivity contribution is -0.205. The number of benzene rings is 3. The van der Waals surface area contributed by atoms with Crippen molar-refractivity contribution in [3.63, 3.8) is 0 Å². The van der Waals surface area contributed by atoms with Gasteiger partial charge in [0.25, 0.3) is 0 Å².